The highest BCUT2D eigenvalue weighted by molar-refractivity contribution is 9.10. The molecule has 0 aliphatic heterocycles. The van der Waals surface area contributed by atoms with E-state index >= 15 is 0 Å². The monoisotopic (exact) mass is 406 g/mol. The molecule has 0 unspecified atom stereocenters. The van der Waals surface area contributed by atoms with Crippen molar-refractivity contribution in [1.29, 1.82) is 5.26 Å². The van der Waals surface area contributed by atoms with Gasteiger partial charge in [-0.25, -0.2) is 0 Å². The lowest BCUT2D eigenvalue weighted by Gasteiger charge is -2.10. The van der Waals surface area contributed by atoms with Gasteiger partial charge in [0.25, 0.3) is 5.91 Å². The second-order valence-corrected chi connectivity index (χ2v) is 6.51. The number of amides is 1. The Kier molecular flexibility index (Phi) is 5.67. The van der Waals surface area contributed by atoms with Gasteiger partial charge in [0, 0.05) is 21.8 Å². The summed E-state index contributed by atoms with van der Waals surface area (Å²) in [6.45, 7) is 0.346. The summed E-state index contributed by atoms with van der Waals surface area (Å²) < 4.78 is 6.62. The van der Waals surface area contributed by atoms with Crippen LogP contribution in [-0.2, 0) is 6.61 Å². The fraction of sp³-hybridized carbons (Fsp3) is 0.0476. The quantitative estimate of drug-likeness (QED) is 0.636. The third-order valence-electron chi connectivity index (χ3n) is 3.64. The minimum Gasteiger partial charge on any atom is -0.489 e. The normalized spacial score (nSPS) is 10.0. The number of rotatable bonds is 5. The number of carbonyl (C=O) groups is 1. The first-order valence-electron chi connectivity index (χ1n) is 7.93. The van der Waals surface area contributed by atoms with Gasteiger partial charge in [-0.15, -0.1) is 0 Å². The van der Waals surface area contributed by atoms with Crippen LogP contribution in [0.25, 0.3) is 0 Å². The van der Waals surface area contributed by atoms with Gasteiger partial charge in [-0.2, -0.15) is 5.26 Å². The van der Waals surface area contributed by atoms with Crippen LogP contribution in [0.4, 0.5) is 5.69 Å². The van der Waals surface area contributed by atoms with Crippen LogP contribution >= 0.6 is 15.9 Å². The summed E-state index contributed by atoms with van der Waals surface area (Å²) in [7, 11) is 0. The van der Waals surface area contributed by atoms with Crippen molar-refractivity contribution < 1.29 is 9.53 Å². The Hall–Kier alpha value is -3.10. The highest BCUT2D eigenvalue weighted by Crippen LogP contribution is 2.20. The van der Waals surface area contributed by atoms with E-state index in [-0.39, 0.29) is 5.91 Å². The van der Waals surface area contributed by atoms with Gasteiger partial charge in [0.15, 0.2) is 0 Å². The number of carbonyl (C=O) groups excluding carboxylic acids is 1. The van der Waals surface area contributed by atoms with E-state index in [2.05, 4.69) is 27.3 Å². The molecule has 0 aliphatic carbocycles. The highest BCUT2D eigenvalue weighted by Gasteiger charge is 2.07. The Bertz CT molecular complexity index is 979. The maximum Gasteiger partial charge on any atom is 0.255 e. The molecule has 0 aliphatic rings. The second kappa shape index (κ2) is 8.32. The molecule has 0 aromatic heterocycles. The minimum absolute atomic E-state index is 0.190. The average molecular weight is 407 g/mol. The van der Waals surface area contributed by atoms with E-state index < -0.39 is 0 Å². The standard InChI is InChI=1S/C21H15BrN2O2/c22-18-7-2-6-17(11-18)21(25)24-19-8-3-9-20(12-19)26-14-16-5-1-4-15(10-16)13-23/h1-12H,14H2,(H,24,25). The number of benzene rings is 3. The number of halogens is 1. The fourth-order valence-corrected chi connectivity index (χ4v) is 2.79. The predicted molar refractivity (Wildman–Crippen MR) is 104 cm³/mol. The van der Waals surface area contributed by atoms with Crippen molar-refractivity contribution in [3.8, 4) is 11.8 Å². The fourth-order valence-electron chi connectivity index (χ4n) is 2.39. The Morgan fingerprint density at radius 1 is 1.04 bits per heavy atom. The van der Waals surface area contributed by atoms with Crippen LogP contribution in [0, 0.1) is 11.3 Å². The summed E-state index contributed by atoms with van der Waals surface area (Å²) in [5.41, 5.74) is 2.73. The number of nitriles is 1. The zero-order valence-electron chi connectivity index (χ0n) is 13.8. The first-order chi connectivity index (χ1) is 12.6. The van der Waals surface area contributed by atoms with E-state index in [1.165, 1.54) is 0 Å². The van der Waals surface area contributed by atoms with Gasteiger partial charge in [-0.3, -0.25) is 4.79 Å². The van der Waals surface area contributed by atoms with Crippen LogP contribution in [0.2, 0.25) is 0 Å². The molecule has 0 saturated carbocycles. The smallest absolute Gasteiger partial charge is 0.255 e. The van der Waals surface area contributed by atoms with E-state index in [0.717, 1.165) is 10.0 Å². The third kappa shape index (κ3) is 4.71. The topological polar surface area (TPSA) is 62.1 Å². The Labute approximate surface area is 160 Å². The van der Waals surface area contributed by atoms with Gasteiger partial charge < -0.3 is 10.1 Å². The highest BCUT2D eigenvalue weighted by atomic mass is 79.9. The Balaban J connectivity index is 1.66. The lowest BCUT2D eigenvalue weighted by Crippen LogP contribution is -2.11. The molecular formula is C21H15BrN2O2. The van der Waals surface area contributed by atoms with Gasteiger partial charge in [-0.1, -0.05) is 40.2 Å². The molecule has 3 aromatic rings. The van der Waals surface area contributed by atoms with Crippen LogP contribution in [0.3, 0.4) is 0 Å². The molecular weight excluding hydrogens is 392 g/mol. The molecule has 0 atom stereocenters. The van der Waals surface area contributed by atoms with Crippen LogP contribution in [0.1, 0.15) is 21.5 Å². The van der Waals surface area contributed by atoms with Crippen molar-refractivity contribution in [2.24, 2.45) is 0 Å². The SMILES string of the molecule is N#Cc1cccc(COc2cccc(NC(=O)c3cccc(Br)c3)c2)c1. The molecule has 1 N–H and O–H groups in total. The average Bonchev–Trinajstić information content (AvgIpc) is 2.67. The molecule has 5 heteroatoms. The largest absolute Gasteiger partial charge is 0.489 e. The molecule has 3 rings (SSSR count). The molecule has 0 spiro atoms. The summed E-state index contributed by atoms with van der Waals surface area (Å²) in [5.74, 6) is 0.449. The summed E-state index contributed by atoms with van der Waals surface area (Å²) >= 11 is 3.36. The van der Waals surface area contributed by atoms with Crippen LogP contribution in [0.5, 0.6) is 5.75 Å². The van der Waals surface area contributed by atoms with E-state index in [0.29, 0.717) is 29.2 Å². The summed E-state index contributed by atoms with van der Waals surface area (Å²) in [5, 5.41) is 11.8. The van der Waals surface area contributed by atoms with Crippen molar-refractivity contribution in [3.63, 3.8) is 0 Å². The summed E-state index contributed by atoms with van der Waals surface area (Å²) in [4.78, 5) is 12.3. The van der Waals surface area contributed by atoms with Gasteiger partial charge in [0.05, 0.1) is 11.6 Å². The number of nitrogens with zero attached hydrogens (tertiary/aromatic N) is 1. The Morgan fingerprint density at radius 3 is 2.65 bits per heavy atom. The number of nitrogens with one attached hydrogen (secondary N) is 1. The maximum absolute atomic E-state index is 12.3. The van der Waals surface area contributed by atoms with Crippen LogP contribution in [0.15, 0.2) is 77.3 Å². The number of anilines is 1. The third-order valence-corrected chi connectivity index (χ3v) is 4.13. The molecule has 0 radical (unpaired) electrons. The van der Waals surface area contributed by atoms with E-state index in [1.807, 2.05) is 36.4 Å². The number of ether oxygens (including phenoxy) is 1. The molecule has 128 valence electrons. The summed E-state index contributed by atoms with van der Waals surface area (Å²) in [6.07, 6.45) is 0. The lowest BCUT2D eigenvalue weighted by atomic mass is 10.1. The van der Waals surface area contributed by atoms with Crippen molar-refractivity contribution >= 4 is 27.5 Å². The summed E-state index contributed by atoms with van der Waals surface area (Å²) in [6, 6.07) is 23.8. The zero-order valence-corrected chi connectivity index (χ0v) is 15.4. The van der Waals surface area contributed by atoms with Crippen molar-refractivity contribution in [2.45, 2.75) is 6.61 Å². The van der Waals surface area contributed by atoms with Crippen molar-refractivity contribution in [3.05, 3.63) is 94.0 Å². The number of hydrogen-bond donors (Lipinski definition) is 1. The molecule has 4 nitrogen and oxygen atoms in total. The number of hydrogen-bond acceptors (Lipinski definition) is 3. The lowest BCUT2D eigenvalue weighted by molar-refractivity contribution is 0.102. The van der Waals surface area contributed by atoms with E-state index in [9.17, 15) is 4.79 Å². The molecule has 26 heavy (non-hydrogen) atoms. The van der Waals surface area contributed by atoms with Gasteiger partial charge in [0.1, 0.15) is 12.4 Å². The first-order valence-corrected chi connectivity index (χ1v) is 8.72. The molecule has 0 bridgehead atoms. The minimum atomic E-state index is -0.190. The Morgan fingerprint density at radius 2 is 1.85 bits per heavy atom. The van der Waals surface area contributed by atoms with E-state index in [1.54, 1.807) is 36.4 Å². The van der Waals surface area contributed by atoms with Gasteiger partial charge in [-0.05, 0) is 48.0 Å². The van der Waals surface area contributed by atoms with Crippen molar-refractivity contribution in [1.82, 2.24) is 0 Å². The zero-order chi connectivity index (χ0) is 18.4. The molecule has 0 heterocycles. The van der Waals surface area contributed by atoms with Crippen LogP contribution in [-0.4, -0.2) is 5.91 Å². The van der Waals surface area contributed by atoms with Crippen molar-refractivity contribution in [2.75, 3.05) is 5.32 Å². The second-order valence-electron chi connectivity index (χ2n) is 5.59. The van der Waals surface area contributed by atoms with Gasteiger partial charge >= 0.3 is 0 Å². The molecule has 1 amide bonds. The molecule has 0 fully saturated rings. The van der Waals surface area contributed by atoms with Crippen LogP contribution < -0.4 is 10.1 Å². The predicted octanol–water partition coefficient (Wildman–Crippen LogP) is 5.15. The van der Waals surface area contributed by atoms with E-state index in [4.69, 9.17) is 10.00 Å². The molecule has 3 aromatic carbocycles. The molecule has 0 saturated heterocycles. The van der Waals surface area contributed by atoms with Gasteiger partial charge in [0.2, 0.25) is 0 Å². The maximum atomic E-state index is 12.3. The first kappa shape index (κ1) is 17.7.